The summed E-state index contributed by atoms with van der Waals surface area (Å²) in [4.78, 5) is 15.2. The summed E-state index contributed by atoms with van der Waals surface area (Å²) in [5.74, 6) is 0.0734. The van der Waals surface area contributed by atoms with E-state index < -0.39 is 5.38 Å². The molecule has 1 unspecified atom stereocenters. The van der Waals surface area contributed by atoms with Crippen molar-refractivity contribution in [2.45, 2.75) is 19.2 Å². The summed E-state index contributed by atoms with van der Waals surface area (Å²) in [6, 6.07) is 1.93. The molecule has 0 aromatic rings. The first kappa shape index (κ1) is 14.2. The normalized spacial score (nSPS) is 12.3. The number of amides is 1. The monoisotopic (exact) mass is 231 g/mol. The number of rotatable bonds is 6. The zero-order chi connectivity index (χ0) is 11.8. The largest absolute Gasteiger partial charge is 0.342 e. The van der Waals surface area contributed by atoms with E-state index in [2.05, 4.69) is 0 Å². The van der Waals surface area contributed by atoms with Crippen LogP contribution >= 0.6 is 11.6 Å². The molecule has 0 saturated carbocycles. The van der Waals surface area contributed by atoms with Crippen molar-refractivity contribution in [1.29, 1.82) is 5.26 Å². The van der Waals surface area contributed by atoms with E-state index in [4.69, 9.17) is 16.9 Å². The first-order chi connectivity index (χ1) is 7.04. The van der Waals surface area contributed by atoms with Crippen LogP contribution in [0.15, 0.2) is 0 Å². The number of hydrogen-bond acceptors (Lipinski definition) is 3. The maximum Gasteiger partial charge on any atom is 0.236 e. The standard InChI is InChI=1S/C10H18ClN3O/c1-4-14(5-2)10(15)8-13(3)7-9(11)6-12/h9H,4-5,7-8H2,1-3H3. The smallest absolute Gasteiger partial charge is 0.236 e. The number of nitriles is 1. The number of hydrogen-bond donors (Lipinski definition) is 0. The summed E-state index contributed by atoms with van der Waals surface area (Å²) in [5, 5.41) is 7.96. The molecule has 0 spiro atoms. The van der Waals surface area contributed by atoms with E-state index in [0.717, 1.165) is 0 Å². The molecule has 0 rings (SSSR count). The summed E-state index contributed by atoms with van der Waals surface area (Å²) in [6.07, 6.45) is 0. The molecule has 0 aromatic heterocycles. The van der Waals surface area contributed by atoms with Gasteiger partial charge in [0, 0.05) is 19.6 Å². The van der Waals surface area contributed by atoms with Crippen molar-refractivity contribution in [3.63, 3.8) is 0 Å². The summed E-state index contributed by atoms with van der Waals surface area (Å²) < 4.78 is 0. The minimum atomic E-state index is -0.556. The van der Waals surface area contributed by atoms with Crippen molar-refractivity contribution < 1.29 is 4.79 Å². The number of nitrogens with zero attached hydrogens (tertiary/aromatic N) is 3. The molecular weight excluding hydrogens is 214 g/mol. The Morgan fingerprint density at radius 2 is 2.00 bits per heavy atom. The summed E-state index contributed by atoms with van der Waals surface area (Å²) >= 11 is 5.66. The molecular formula is C10H18ClN3O. The highest BCUT2D eigenvalue weighted by Crippen LogP contribution is 1.98. The third-order valence-corrected chi connectivity index (χ3v) is 2.37. The van der Waals surface area contributed by atoms with Crippen molar-refractivity contribution >= 4 is 17.5 Å². The summed E-state index contributed by atoms with van der Waals surface area (Å²) in [7, 11) is 1.79. The molecule has 0 heterocycles. The quantitative estimate of drug-likeness (QED) is 0.639. The van der Waals surface area contributed by atoms with Gasteiger partial charge < -0.3 is 4.90 Å². The minimum Gasteiger partial charge on any atom is -0.342 e. The average molecular weight is 232 g/mol. The molecule has 0 aliphatic rings. The van der Waals surface area contributed by atoms with Gasteiger partial charge in [-0.05, 0) is 20.9 Å². The number of carbonyl (C=O) groups excluding carboxylic acids is 1. The molecule has 5 heteroatoms. The van der Waals surface area contributed by atoms with Gasteiger partial charge in [0.1, 0.15) is 5.38 Å². The highest BCUT2D eigenvalue weighted by molar-refractivity contribution is 6.22. The second kappa shape index (κ2) is 7.49. The predicted octanol–water partition coefficient (Wildman–Crippen LogP) is 0.918. The Labute approximate surface area is 96.4 Å². The van der Waals surface area contributed by atoms with Gasteiger partial charge in [-0.2, -0.15) is 5.26 Å². The lowest BCUT2D eigenvalue weighted by molar-refractivity contribution is -0.131. The van der Waals surface area contributed by atoms with E-state index in [1.54, 1.807) is 16.8 Å². The van der Waals surface area contributed by atoms with Gasteiger partial charge in [-0.25, -0.2) is 0 Å². The molecule has 4 nitrogen and oxygen atoms in total. The summed E-state index contributed by atoms with van der Waals surface area (Å²) in [6.45, 7) is 6.04. The second-order valence-electron chi connectivity index (χ2n) is 3.36. The molecule has 0 aromatic carbocycles. The lowest BCUT2D eigenvalue weighted by Gasteiger charge is -2.23. The molecule has 0 saturated heterocycles. The van der Waals surface area contributed by atoms with Crippen molar-refractivity contribution in [2.24, 2.45) is 0 Å². The summed E-state index contributed by atoms with van der Waals surface area (Å²) in [5.41, 5.74) is 0. The van der Waals surface area contributed by atoms with Gasteiger partial charge in [-0.1, -0.05) is 0 Å². The van der Waals surface area contributed by atoms with Crippen molar-refractivity contribution in [1.82, 2.24) is 9.80 Å². The van der Waals surface area contributed by atoms with E-state index >= 15 is 0 Å². The molecule has 15 heavy (non-hydrogen) atoms. The molecule has 1 amide bonds. The van der Waals surface area contributed by atoms with Crippen LogP contribution in [-0.2, 0) is 4.79 Å². The van der Waals surface area contributed by atoms with Crippen LogP contribution < -0.4 is 0 Å². The van der Waals surface area contributed by atoms with Crippen LogP contribution in [0.1, 0.15) is 13.8 Å². The van der Waals surface area contributed by atoms with Gasteiger partial charge in [0.2, 0.25) is 5.91 Å². The van der Waals surface area contributed by atoms with E-state index in [-0.39, 0.29) is 5.91 Å². The lowest BCUT2D eigenvalue weighted by Crippen LogP contribution is -2.40. The first-order valence-corrected chi connectivity index (χ1v) is 5.48. The molecule has 0 fully saturated rings. The molecule has 0 aliphatic heterocycles. The maximum absolute atomic E-state index is 11.6. The third-order valence-electron chi connectivity index (χ3n) is 2.13. The fourth-order valence-electron chi connectivity index (χ4n) is 1.29. The van der Waals surface area contributed by atoms with Crippen LogP contribution in [0, 0.1) is 11.3 Å². The van der Waals surface area contributed by atoms with Gasteiger partial charge in [-0.15, -0.1) is 11.6 Å². The van der Waals surface area contributed by atoms with Crippen LogP contribution in [0.4, 0.5) is 0 Å². The van der Waals surface area contributed by atoms with Gasteiger partial charge in [0.25, 0.3) is 0 Å². The van der Waals surface area contributed by atoms with Gasteiger partial charge in [0.05, 0.1) is 12.6 Å². The average Bonchev–Trinajstić information content (AvgIpc) is 2.19. The first-order valence-electron chi connectivity index (χ1n) is 5.05. The Balaban J connectivity index is 4.01. The highest BCUT2D eigenvalue weighted by Gasteiger charge is 2.14. The van der Waals surface area contributed by atoms with Crippen LogP contribution in [-0.4, -0.2) is 54.3 Å². The fourth-order valence-corrected chi connectivity index (χ4v) is 1.52. The zero-order valence-electron chi connectivity index (χ0n) is 9.53. The zero-order valence-corrected chi connectivity index (χ0v) is 10.3. The lowest BCUT2D eigenvalue weighted by atomic mass is 10.4. The maximum atomic E-state index is 11.6. The Morgan fingerprint density at radius 1 is 1.47 bits per heavy atom. The molecule has 0 bridgehead atoms. The Hall–Kier alpha value is -0.790. The van der Waals surface area contributed by atoms with Gasteiger partial charge in [0.15, 0.2) is 0 Å². The van der Waals surface area contributed by atoms with E-state index in [1.165, 1.54) is 0 Å². The van der Waals surface area contributed by atoms with Crippen LogP contribution in [0.2, 0.25) is 0 Å². The fraction of sp³-hybridized carbons (Fsp3) is 0.800. The van der Waals surface area contributed by atoms with Crippen molar-refractivity contribution in [2.75, 3.05) is 33.2 Å². The highest BCUT2D eigenvalue weighted by atomic mass is 35.5. The van der Waals surface area contributed by atoms with E-state index in [0.29, 0.717) is 26.2 Å². The molecule has 86 valence electrons. The van der Waals surface area contributed by atoms with Crippen molar-refractivity contribution in [3.05, 3.63) is 0 Å². The van der Waals surface area contributed by atoms with E-state index in [1.807, 2.05) is 19.9 Å². The Morgan fingerprint density at radius 3 is 2.40 bits per heavy atom. The van der Waals surface area contributed by atoms with Gasteiger partial charge >= 0.3 is 0 Å². The van der Waals surface area contributed by atoms with Crippen LogP contribution in [0.25, 0.3) is 0 Å². The number of alkyl halides is 1. The van der Waals surface area contributed by atoms with Crippen LogP contribution in [0.3, 0.4) is 0 Å². The van der Waals surface area contributed by atoms with Crippen LogP contribution in [0.5, 0.6) is 0 Å². The van der Waals surface area contributed by atoms with Gasteiger partial charge in [-0.3, -0.25) is 9.69 Å². The number of carbonyl (C=O) groups is 1. The predicted molar refractivity (Wildman–Crippen MR) is 60.7 cm³/mol. The molecule has 0 N–H and O–H groups in total. The molecule has 1 atom stereocenters. The number of halogens is 1. The number of likely N-dealkylation sites (N-methyl/N-ethyl adjacent to an activating group) is 2. The Kier molecular flexibility index (Phi) is 7.10. The van der Waals surface area contributed by atoms with E-state index in [9.17, 15) is 4.79 Å². The molecule has 0 radical (unpaired) electrons. The van der Waals surface area contributed by atoms with Crippen molar-refractivity contribution in [3.8, 4) is 6.07 Å². The molecule has 0 aliphatic carbocycles. The minimum absolute atomic E-state index is 0.0734. The second-order valence-corrected chi connectivity index (χ2v) is 3.89. The SMILES string of the molecule is CCN(CC)C(=O)CN(C)CC(Cl)C#N. The topological polar surface area (TPSA) is 47.3 Å². The Bertz CT molecular complexity index is 235. The third kappa shape index (κ3) is 5.60.